The molecule has 0 saturated carbocycles. The van der Waals surface area contributed by atoms with Gasteiger partial charge in [-0.05, 0) is 54.2 Å². The number of benzene rings is 2. The van der Waals surface area contributed by atoms with Crippen LogP contribution in [0.3, 0.4) is 0 Å². The van der Waals surface area contributed by atoms with Gasteiger partial charge in [-0.3, -0.25) is 14.5 Å². The van der Waals surface area contributed by atoms with Crippen LogP contribution >= 0.6 is 0 Å². The minimum Gasteiger partial charge on any atom is -0.353 e. The minimum absolute atomic E-state index is 0.0775. The summed E-state index contributed by atoms with van der Waals surface area (Å²) in [4.78, 5) is 27.8. The molecule has 0 bridgehead atoms. The normalized spacial score (nSPS) is 15.8. The zero-order chi connectivity index (χ0) is 22.4. The first-order valence-corrected chi connectivity index (χ1v) is 11.0. The number of amides is 2. The Morgan fingerprint density at radius 3 is 2.39 bits per heavy atom. The van der Waals surface area contributed by atoms with Crippen molar-refractivity contribution in [2.45, 2.75) is 52.2 Å². The SMILES string of the molecule is CCC(CNC(=O)C(NC(=O)c1ccc(F)cc1)C(C)C)N1CCc2ccccc2C1. The van der Waals surface area contributed by atoms with Gasteiger partial charge in [0.1, 0.15) is 11.9 Å². The average Bonchev–Trinajstić information content (AvgIpc) is 2.77. The molecule has 1 heterocycles. The number of halogens is 1. The van der Waals surface area contributed by atoms with Gasteiger partial charge >= 0.3 is 0 Å². The summed E-state index contributed by atoms with van der Waals surface area (Å²) in [7, 11) is 0. The fourth-order valence-corrected chi connectivity index (χ4v) is 4.05. The van der Waals surface area contributed by atoms with Gasteiger partial charge in [-0.2, -0.15) is 0 Å². The summed E-state index contributed by atoms with van der Waals surface area (Å²) in [6, 6.07) is 13.4. The quantitative estimate of drug-likeness (QED) is 0.680. The number of hydrogen-bond acceptors (Lipinski definition) is 3. The largest absolute Gasteiger partial charge is 0.353 e. The second-order valence-corrected chi connectivity index (χ2v) is 8.50. The Labute approximate surface area is 184 Å². The lowest BCUT2D eigenvalue weighted by molar-refractivity contribution is -0.124. The van der Waals surface area contributed by atoms with Crippen LogP contribution in [0.5, 0.6) is 0 Å². The molecule has 2 unspecified atom stereocenters. The van der Waals surface area contributed by atoms with Gasteiger partial charge in [-0.1, -0.05) is 45.0 Å². The standard InChI is InChI=1S/C25H32FN3O2/c1-4-22(29-14-13-18-7-5-6-8-20(18)16-29)15-27-25(31)23(17(2)3)28-24(30)19-9-11-21(26)12-10-19/h5-12,17,22-23H,4,13-16H2,1-3H3,(H,27,31)(H,28,30). The molecule has 0 aliphatic carbocycles. The van der Waals surface area contributed by atoms with Gasteiger partial charge in [0.05, 0.1) is 0 Å². The lowest BCUT2D eigenvalue weighted by atomic mass is 9.98. The monoisotopic (exact) mass is 425 g/mol. The van der Waals surface area contributed by atoms with Crippen molar-refractivity contribution >= 4 is 11.8 Å². The summed E-state index contributed by atoms with van der Waals surface area (Å²) in [5.74, 6) is -1.05. The van der Waals surface area contributed by atoms with Crippen molar-refractivity contribution in [1.82, 2.24) is 15.5 Å². The number of nitrogens with zero attached hydrogens (tertiary/aromatic N) is 1. The maximum atomic E-state index is 13.1. The second kappa shape index (κ2) is 10.5. The van der Waals surface area contributed by atoms with Gasteiger partial charge in [0, 0.05) is 31.2 Å². The number of carbonyl (C=O) groups is 2. The van der Waals surface area contributed by atoms with Crippen LogP contribution in [0.1, 0.15) is 48.7 Å². The van der Waals surface area contributed by atoms with Gasteiger partial charge in [0.15, 0.2) is 0 Å². The number of rotatable bonds is 8. The van der Waals surface area contributed by atoms with Crippen LogP contribution in [0.15, 0.2) is 48.5 Å². The van der Waals surface area contributed by atoms with E-state index in [1.165, 1.54) is 35.4 Å². The fraction of sp³-hybridized carbons (Fsp3) is 0.440. The third-order valence-corrected chi connectivity index (χ3v) is 6.00. The lowest BCUT2D eigenvalue weighted by Gasteiger charge is -2.35. The number of fused-ring (bicyclic) bond motifs is 1. The molecule has 2 aromatic carbocycles. The summed E-state index contributed by atoms with van der Waals surface area (Å²) < 4.78 is 13.1. The fourth-order valence-electron chi connectivity index (χ4n) is 4.05. The first-order valence-electron chi connectivity index (χ1n) is 11.0. The Morgan fingerprint density at radius 1 is 1.06 bits per heavy atom. The van der Waals surface area contributed by atoms with E-state index >= 15 is 0 Å². The molecule has 2 atom stereocenters. The zero-order valence-corrected chi connectivity index (χ0v) is 18.5. The molecule has 2 aromatic rings. The van der Waals surface area contributed by atoms with E-state index in [0.29, 0.717) is 12.1 Å². The molecule has 1 aliphatic rings. The predicted molar refractivity (Wildman–Crippen MR) is 120 cm³/mol. The van der Waals surface area contributed by atoms with Gasteiger partial charge < -0.3 is 10.6 Å². The lowest BCUT2D eigenvalue weighted by Crippen LogP contribution is -2.53. The van der Waals surface area contributed by atoms with E-state index in [1.54, 1.807) is 0 Å². The van der Waals surface area contributed by atoms with Gasteiger partial charge in [0.25, 0.3) is 5.91 Å². The van der Waals surface area contributed by atoms with Crippen molar-refractivity contribution in [3.05, 3.63) is 71.0 Å². The molecule has 0 fully saturated rings. The van der Waals surface area contributed by atoms with E-state index in [2.05, 4.69) is 46.7 Å². The van der Waals surface area contributed by atoms with Gasteiger partial charge in [-0.25, -0.2) is 4.39 Å². The van der Waals surface area contributed by atoms with Crippen LogP contribution in [0.2, 0.25) is 0 Å². The molecule has 1 aliphatic heterocycles. The number of hydrogen-bond donors (Lipinski definition) is 2. The number of carbonyl (C=O) groups excluding carboxylic acids is 2. The Balaban J connectivity index is 1.58. The van der Waals surface area contributed by atoms with E-state index in [4.69, 9.17) is 0 Å². The van der Waals surface area contributed by atoms with E-state index in [9.17, 15) is 14.0 Å². The zero-order valence-electron chi connectivity index (χ0n) is 18.5. The van der Waals surface area contributed by atoms with Crippen LogP contribution in [0.25, 0.3) is 0 Å². The van der Waals surface area contributed by atoms with Gasteiger partial charge in [0.2, 0.25) is 5.91 Å². The van der Waals surface area contributed by atoms with Crippen molar-refractivity contribution < 1.29 is 14.0 Å². The molecule has 0 spiro atoms. The van der Waals surface area contributed by atoms with Crippen LogP contribution in [0, 0.1) is 11.7 Å². The minimum atomic E-state index is -0.655. The van der Waals surface area contributed by atoms with Crippen molar-refractivity contribution in [2.75, 3.05) is 13.1 Å². The van der Waals surface area contributed by atoms with E-state index < -0.39 is 11.9 Å². The predicted octanol–water partition coefficient (Wildman–Crippen LogP) is 3.53. The average molecular weight is 426 g/mol. The van der Waals surface area contributed by atoms with E-state index in [1.807, 2.05) is 13.8 Å². The molecule has 0 radical (unpaired) electrons. The Bertz CT molecular complexity index is 898. The van der Waals surface area contributed by atoms with Crippen LogP contribution in [0.4, 0.5) is 4.39 Å². The van der Waals surface area contributed by atoms with Crippen LogP contribution < -0.4 is 10.6 Å². The molecule has 166 valence electrons. The smallest absolute Gasteiger partial charge is 0.251 e. The highest BCUT2D eigenvalue weighted by molar-refractivity contribution is 5.97. The van der Waals surface area contributed by atoms with Crippen LogP contribution in [-0.2, 0) is 17.8 Å². The summed E-state index contributed by atoms with van der Waals surface area (Å²) in [6.07, 6.45) is 1.94. The van der Waals surface area contributed by atoms with Crippen molar-refractivity contribution in [3.63, 3.8) is 0 Å². The molecular weight excluding hydrogens is 393 g/mol. The summed E-state index contributed by atoms with van der Waals surface area (Å²) in [5.41, 5.74) is 3.09. The molecule has 0 saturated heterocycles. The third-order valence-electron chi connectivity index (χ3n) is 6.00. The van der Waals surface area contributed by atoms with Gasteiger partial charge in [-0.15, -0.1) is 0 Å². The highest BCUT2D eigenvalue weighted by Crippen LogP contribution is 2.21. The Morgan fingerprint density at radius 2 is 1.74 bits per heavy atom. The Hall–Kier alpha value is -2.73. The second-order valence-electron chi connectivity index (χ2n) is 8.50. The Kier molecular flexibility index (Phi) is 7.80. The number of nitrogens with one attached hydrogen (secondary N) is 2. The van der Waals surface area contributed by atoms with Crippen molar-refractivity contribution in [2.24, 2.45) is 5.92 Å². The molecular formula is C25H32FN3O2. The van der Waals surface area contributed by atoms with Crippen molar-refractivity contribution in [3.8, 4) is 0 Å². The topological polar surface area (TPSA) is 61.4 Å². The van der Waals surface area contributed by atoms with E-state index in [-0.39, 0.29) is 23.8 Å². The van der Waals surface area contributed by atoms with E-state index in [0.717, 1.165) is 25.9 Å². The molecule has 31 heavy (non-hydrogen) atoms. The molecule has 2 amide bonds. The first kappa shape index (κ1) is 22.9. The molecule has 5 nitrogen and oxygen atoms in total. The first-order chi connectivity index (χ1) is 14.9. The molecule has 0 aromatic heterocycles. The molecule has 3 rings (SSSR count). The molecule has 6 heteroatoms. The van der Waals surface area contributed by atoms with Crippen LogP contribution in [-0.4, -0.2) is 41.9 Å². The maximum absolute atomic E-state index is 13.1. The highest BCUT2D eigenvalue weighted by atomic mass is 19.1. The maximum Gasteiger partial charge on any atom is 0.251 e. The summed E-state index contributed by atoms with van der Waals surface area (Å²) in [5, 5.41) is 5.85. The molecule has 2 N–H and O–H groups in total. The highest BCUT2D eigenvalue weighted by Gasteiger charge is 2.27. The van der Waals surface area contributed by atoms with Crippen molar-refractivity contribution in [1.29, 1.82) is 0 Å². The summed E-state index contributed by atoms with van der Waals surface area (Å²) >= 11 is 0. The summed E-state index contributed by atoms with van der Waals surface area (Å²) in [6.45, 7) is 8.32. The third kappa shape index (κ3) is 5.91.